The normalized spacial score (nSPS) is 19.0. The molecule has 2 aliphatic heterocycles. The Morgan fingerprint density at radius 3 is 1.38 bits per heavy atom. The molecule has 2 fully saturated rings. The third-order valence-corrected chi connectivity index (χ3v) is 36.7. The summed E-state index contributed by atoms with van der Waals surface area (Å²) in [6.45, 7) is 52.3. The zero-order valence-corrected chi connectivity index (χ0v) is 82.0. The largest absolute Gasteiger partial charge is 0.467 e. The summed E-state index contributed by atoms with van der Waals surface area (Å²) in [4.78, 5) is 66.3. The molecule has 27 heteroatoms. The number of nitrogens with zero attached hydrogens (tertiary/aromatic N) is 4. The van der Waals surface area contributed by atoms with Gasteiger partial charge in [-0.15, -0.1) is 11.8 Å². The van der Waals surface area contributed by atoms with Crippen LogP contribution >= 0.6 is 11.8 Å². The maximum atomic E-state index is 14.5. The molecule has 2 aromatic heterocycles. The Hall–Kier alpha value is -7.36. The summed E-state index contributed by atoms with van der Waals surface area (Å²) in [6, 6.07) is 33.3. The number of rotatable bonds is 39. The number of carbonyl (C=O) groups excluding carboxylic acids is 4. The summed E-state index contributed by atoms with van der Waals surface area (Å²) in [5.74, 6) is -3.12. The van der Waals surface area contributed by atoms with Crippen LogP contribution in [-0.4, -0.2) is 177 Å². The van der Waals surface area contributed by atoms with E-state index in [2.05, 4.69) is 158 Å². The van der Waals surface area contributed by atoms with Crippen LogP contribution in [0, 0.1) is 11.8 Å². The van der Waals surface area contributed by atoms with Crippen LogP contribution < -0.4 is 9.47 Å². The summed E-state index contributed by atoms with van der Waals surface area (Å²) >= 11 is 1.64. The van der Waals surface area contributed by atoms with Crippen molar-refractivity contribution in [2.45, 2.75) is 274 Å². The number of ether oxygens (including phenoxy) is 12. The second-order valence-corrected chi connectivity index (χ2v) is 60.3. The number of carbonyl (C=O) groups is 4. The van der Waals surface area contributed by atoms with Gasteiger partial charge in [-0.3, -0.25) is 0 Å². The number of hydrogen-bond acceptors (Lipinski definition) is 21. The van der Waals surface area contributed by atoms with Crippen molar-refractivity contribution >= 4 is 96.6 Å². The van der Waals surface area contributed by atoms with Crippen LogP contribution in [-0.2, 0) is 70.3 Å². The molecule has 0 amide bonds. The molecule has 9 rings (SSSR count). The molecular formula is C94H138N4O18SSi4. The molecule has 2 aliphatic rings. The van der Waals surface area contributed by atoms with Gasteiger partial charge < -0.3 is 74.8 Å². The monoisotopic (exact) mass is 1750 g/mol. The quantitative estimate of drug-likeness (QED) is 0.00870. The minimum absolute atomic E-state index is 0.00444. The first kappa shape index (κ1) is 99.1. The molecule has 3 unspecified atom stereocenters. The smallest absolute Gasteiger partial charge is 0.342 e. The van der Waals surface area contributed by atoms with Crippen LogP contribution in [0.15, 0.2) is 151 Å². The molecule has 22 nitrogen and oxygen atoms in total. The number of aromatic nitrogens is 4. The van der Waals surface area contributed by atoms with Gasteiger partial charge in [0.2, 0.25) is 0 Å². The maximum Gasteiger partial charge on any atom is 0.342 e. The van der Waals surface area contributed by atoms with Crippen LogP contribution in [0.4, 0.5) is 0 Å². The highest BCUT2D eigenvalue weighted by Gasteiger charge is 2.49. The van der Waals surface area contributed by atoms with Crippen molar-refractivity contribution in [3.05, 3.63) is 180 Å². The minimum atomic E-state index is -2.06. The van der Waals surface area contributed by atoms with Crippen molar-refractivity contribution in [2.75, 3.05) is 41.0 Å². The molecule has 664 valence electrons. The molecule has 0 radical (unpaired) electrons. The van der Waals surface area contributed by atoms with Crippen LogP contribution in [0.5, 0.6) is 11.5 Å². The first-order valence-electron chi connectivity index (χ1n) is 42.4. The van der Waals surface area contributed by atoms with E-state index in [4.69, 9.17) is 70.7 Å². The van der Waals surface area contributed by atoms with Gasteiger partial charge in [0.25, 0.3) is 0 Å². The van der Waals surface area contributed by atoms with Crippen molar-refractivity contribution in [1.82, 2.24) is 19.1 Å². The van der Waals surface area contributed by atoms with Crippen LogP contribution in [0.25, 0.3) is 28.1 Å². The Morgan fingerprint density at radius 1 is 0.537 bits per heavy atom. The SMILES string of the molecule is COCOc1cc2c(ncn2C)c(/C=C/C[C@@H]2OC(C)(C)O[C@@H]2C(/C=C\[C@@H](C)[C@H](C)O[Si](C)(C)C(C)(C)C)OC(=O)c2ccccc2)c1C(=O)OCC[Si](C)(C)C.COCOc1cc2c(ncn2C)c(C(CC[C@@H]2OC(C)(C)O[C@@H]2C(/C=C\[C@@H](C)[C@H](C)O[Si](C)(C)C(C)(C)C)OC(=O)c2ccccc2)Sc2ccccc2)c1C(=O)OCC[Si](C)(C)C. The maximum absolute atomic E-state index is 14.5. The van der Waals surface area contributed by atoms with Crippen molar-refractivity contribution < 1.29 is 84.9 Å². The summed E-state index contributed by atoms with van der Waals surface area (Å²) in [5, 5.41) is -0.222. The number of thioether (sulfide) groups is 1. The fourth-order valence-corrected chi connectivity index (χ4v) is 19.2. The van der Waals surface area contributed by atoms with Gasteiger partial charge in [0.05, 0.1) is 71.3 Å². The number of benzene rings is 5. The zero-order chi connectivity index (χ0) is 89.4. The van der Waals surface area contributed by atoms with Gasteiger partial charge >= 0.3 is 23.9 Å². The standard InChI is InChI=1S/C50H72N2O9SSi2.C44H66N2O9Si2/c1-34(35(2)61-64(13,14)49(3,4)5)25-26-39(58-47(53)36-21-17-15-18-22-36)46-40(59-50(6,7)60-46)27-28-42(62-37-23-19-16-20-24-37)44-43(48(54)56-29-30-63(10,11)12)41(57-33-55-9)31-38-45(44)51-32-52(38)8;1-30(31(2)55-57(13,14)43(3,4)5)23-24-35(52-41(47)32-19-16-15-17-20-32)40-36(53-44(6,7)54-40)22-18-21-33-38(42(48)50-25-26-56(10,11)12)37(51-29-49-9)27-34-39(33)45-28-46(34)8/h15-26,31-32,34-35,39-40,42,46H,27-30,33H2,1-14H3;15-21,23-24,27-28,30-31,35-36,40H,22,25-26,29H2,1-14H3/b26-25-;21-18+,24-23-/t34-,35+,39?,40+,42?,46-;30-,31+,35?,36+,40-/m11/s1. The second kappa shape index (κ2) is 42.5. The Morgan fingerprint density at radius 2 is 0.942 bits per heavy atom. The molecule has 0 aliphatic carbocycles. The van der Waals surface area contributed by atoms with E-state index < -0.39 is 105 Å². The van der Waals surface area contributed by atoms with E-state index in [1.165, 1.54) is 7.11 Å². The number of methoxy groups -OCH3 is 2. The zero-order valence-electron chi connectivity index (χ0n) is 77.2. The first-order chi connectivity index (χ1) is 56.5. The van der Waals surface area contributed by atoms with Crippen molar-refractivity contribution in [1.29, 1.82) is 0 Å². The minimum Gasteiger partial charge on any atom is -0.467 e. The summed E-state index contributed by atoms with van der Waals surface area (Å²) < 4.78 is 91.0. The molecule has 2 saturated heterocycles. The van der Waals surface area contributed by atoms with E-state index in [1.54, 1.807) is 74.0 Å². The highest BCUT2D eigenvalue weighted by Crippen LogP contribution is 2.49. The summed E-state index contributed by atoms with van der Waals surface area (Å²) in [7, 11) is -0.184. The lowest BCUT2D eigenvalue weighted by Crippen LogP contribution is -2.44. The highest BCUT2D eigenvalue weighted by molar-refractivity contribution is 7.99. The average Bonchev–Trinajstić information content (AvgIpc) is 1.71. The van der Waals surface area contributed by atoms with Gasteiger partial charge in [0.15, 0.2) is 41.8 Å². The number of fused-ring (bicyclic) bond motifs is 2. The molecule has 11 atom stereocenters. The number of imidazole rings is 2. The van der Waals surface area contributed by atoms with Gasteiger partial charge in [0, 0.05) is 90.1 Å². The molecule has 0 spiro atoms. The summed E-state index contributed by atoms with van der Waals surface area (Å²) in [6.07, 6.45) is 12.5. The van der Waals surface area contributed by atoms with Gasteiger partial charge in [-0.2, -0.15) is 0 Å². The van der Waals surface area contributed by atoms with Crippen LogP contribution in [0.2, 0.25) is 87.6 Å². The topological polar surface area (TPSA) is 233 Å². The average molecular weight is 1760 g/mol. The predicted molar refractivity (Wildman–Crippen MR) is 492 cm³/mol. The first-order valence-corrected chi connectivity index (χ1v) is 56.5. The van der Waals surface area contributed by atoms with Crippen molar-refractivity contribution in [2.24, 2.45) is 25.9 Å². The molecule has 4 heterocycles. The van der Waals surface area contributed by atoms with Crippen LogP contribution in [0.1, 0.15) is 174 Å². The lowest BCUT2D eigenvalue weighted by atomic mass is 9.95. The highest BCUT2D eigenvalue weighted by atomic mass is 32.2. The molecule has 121 heavy (non-hydrogen) atoms. The molecule has 0 bridgehead atoms. The fraction of sp³-hybridized carbons (Fsp3) is 0.553. The Labute approximate surface area is 728 Å². The van der Waals surface area contributed by atoms with Gasteiger partial charge in [0.1, 0.15) is 47.0 Å². The predicted octanol–water partition coefficient (Wildman–Crippen LogP) is 21.8. The Kier molecular flexibility index (Phi) is 34.8. The molecule has 0 saturated carbocycles. The van der Waals surface area contributed by atoms with E-state index in [9.17, 15) is 19.2 Å². The lowest BCUT2D eigenvalue weighted by Gasteiger charge is -2.39. The van der Waals surface area contributed by atoms with E-state index in [0.29, 0.717) is 82.8 Å². The molecular weight excluding hydrogens is 1620 g/mol. The van der Waals surface area contributed by atoms with Gasteiger partial charge in [-0.25, -0.2) is 29.1 Å². The number of aryl methyl sites for hydroxylation is 2. The third-order valence-electron chi connectivity index (χ3n) is 22.9. The van der Waals surface area contributed by atoms with E-state index in [1.807, 2.05) is 130 Å². The van der Waals surface area contributed by atoms with Crippen molar-refractivity contribution in [3.8, 4) is 11.5 Å². The molecule has 7 aromatic rings. The van der Waals surface area contributed by atoms with E-state index in [0.717, 1.165) is 28.0 Å². The molecule has 0 N–H and O–H groups in total. The Bertz CT molecular complexity index is 4640. The van der Waals surface area contributed by atoms with Crippen molar-refractivity contribution in [3.63, 3.8) is 0 Å². The number of esters is 4. The van der Waals surface area contributed by atoms with Crippen LogP contribution in [0.3, 0.4) is 0 Å². The van der Waals surface area contributed by atoms with Gasteiger partial charge in [-0.1, -0.05) is 174 Å². The third kappa shape index (κ3) is 28.1. The summed E-state index contributed by atoms with van der Waals surface area (Å²) in [5.41, 5.74) is 5.62. The van der Waals surface area contributed by atoms with E-state index >= 15 is 0 Å². The molecule has 5 aromatic carbocycles. The Balaban J connectivity index is 0.000000303. The van der Waals surface area contributed by atoms with E-state index in [-0.39, 0.29) is 58.5 Å². The van der Waals surface area contributed by atoms with Gasteiger partial charge in [-0.05, 0) is 170 Å². The lowest BCUT2D eigenvalue weighted by molar-refractivity contribution is -0.153. The second-order valence-electron chi connectivity index (χ2n) is 38.3. The number of hydrogen-bond donors (Lipinski definition) is 0. The fourth-order valence-electron chi connectivity index (χ4n) is 13.5.